The maximum atomic E-state index is 6.24. The molecule has 2 rings (SSSR count). The van der Waals surface area contributed by atoms with E-state index in [2.05, 4.69) is 36.5 Å². The molecule has 0 atom stereocenters. The second-order valence-corrected chi connectivity index (χ2v) is 7.78. The van der Waals surface area contributed by atoms with Crippen molar-refractivity contribution in [3.05, 3.63) is 39.5 Å². The fourth-order valence-electron chi connectivity index (χ4n) is 2.27. The maximum Gasteiger partial charge on any atom is 0.148 e. The van der Waals surface area contributed by atoms with Gasteiger partial charge in [-0.05, 0) is 30.0 Å². The van der Waals surface area contributed by atoms with E-state index < -0.39 is 0 Å². The molecule has 6 heteroatoms. The Kier molecular flexibility index (Phi) is 5.48. The van der Waals surface area contributed by atoms with Gasteiger partial charge in [-0.15, -0.1) is 0 Å². The number of aryl methyl sites for hydroxylation is 2. The summed E-state index contributed by atoms with van der Waals surface area (Å²) in [7, 11) is 1.94. The molecule has 0 saturated carbocycles. The highest BCUT2D eigenvalue weighted by Gasteiger charge is 2.16. The Morgan fingerprint density at radius 2 is 1.87 bits per heavy atom. The first-order chi connectivity index (χ1) is 10.7. The molecule has 0 aliphatic rings. The summed E-state index contributed by atoms with van der Waals surface area (Å²) in [5.41, 5.74) is 3.15. The van der Waals surface area contributed by atoms with Crippen LogP contribution in [0.4, 0.5) is 11.5 Å². The molecule has 1 heterocycles. The first-order valence-electron chi connectivity index (χ1n) is 7.62. The normalized spacial score (nSPS) is 11.6. The SMILES string of the molecule is Cc1nn(C)c(NCC(C)(C)C)c1NCc1ccc(Cl)cc1Cl. The van der Waals surface area contributed by atoms with Crippen LogP contribution in [-0.2, 0) is 13.6 Å². The molecular weight excluding hydrogens is 331 g/mol. The number of rotatable bonds is 5. The van der Waals surface area contributed by atoms with E-state index in [9.17, 15) is 0 Å². The second kappa shape index (κ2) is 7.02. The first kappa shape index (κ1) is 18.0. The second-order valence-electron chi connectivity index (χ2n) is 6.94. The Morgan fingerprint density at radius 3 is 2.48 bits per heavy atom. The summed E-state index contributed by atoms with van der Waals surface area (Å²) >= 11 is 12.2. The van der Waals surface area contributed by atoms with Crippen LogP contribution in [0.2, 0.25) is 10.0 Å². The van der Waals surface area contributed by atoms with E-state index >= 15 is 0 Å². The van der Waals surface area contributed by atoms with Crippen molar-refractivity contribution in [2.24, 2.45) is 12.5 Å². The van der Waals surface area contributed by atoms with Gasteiger partial charge in [0.15, 0.2) is 0 Å². The lowest BCUT2D eigenvalue weighted by atomic mass is 9.97. The zero-order valence-electron chi connectivity index (χ0n) is 14.3. The van der Waals surface area contributed by atoms with Gasteiger partial charge in [0.25, 0.3) is 0 Å². The molecule has 1 aromatic carbocycles. The Balaban J connectivity index is 2.16. The number of hydrogen-bond donors (Lipinski definition) is 2. The van der Waals surface area contributed by atoms with Gasteiger partial charge in [0, 0.05) is 30.2 Å². The van der Waals surface area contributed by atoms with Gasteiger partial charge in [-0.1, -0.05) is 50.0 Å². The van der Waals surface area contributed by atoms with Crippen molar-refractivity contribution in [3.63, 3.8) is 0 Å². The van der Waals surface area contributed by atoms with Gasteiger partial charge in [-0.2, -0.15) is 5.10 Å². The monoisotopic (exact) mass is 354 g/mol. The minimum absolute atomic E-state index is 0.189. The molecular formula is C17H24Cl2N4. The molecule has 0 aliphatic carbocycles. The minimum atomic E-state index is 0.189. The Labute approximate surface area is 148 Å². The number of anilines is 2. The summed E-state index contributed by atoms with van der Waals surface area (Å²) in [6, 6.07) is 5.54. The fourth-order valence-corrected chi connectivity index (χ4v) is 2.75. The molecule has 2 aromatic rings. The first-order valence-corrected chi connectivity index (χ1v) is 8.38. The number of halogens is 2. The summed E-state index contributed by atoms with van der Waals surface area (Å²) in [4.78, 5) is 0. The minimum Gasteiger partial charge on any atom is -0.376 e. The molecule has 0 fully saturated rings. The summed E-state index contributed by atoms with van der Waals surface area (Å²) in [6.45, 7) is 10.1. The van der Waals surface area contributed by atoms with Gasteiger partial charge in [-0.3, -0.25) is 4.68 Å². The van der Waals surface area contributed by atoms with E-state index in [1.54, 1.807) is 6.07 Å². The van der Waals surface area contributed by atoms with E-state index in [0.29, 0.717) is 16.6 Å². The van der Waals surface area contributed by atoms with Crippen LogP contribution in [0.15, 0.2) is 18.2 Å². The third-order valence-corrected chi connectivity index (χ3v) is 4.07. The van der Waals surface area contributed by atoms with Crippen LogP contribution in [-0.4, -0.2) is 16.3 Å². The molecule has 0 unspecified atom stereocenters. The molecule has 2 N–H and O–H groups in total. The van der Waals surface area contributed by atoms with E-state index in [1.807, 2.05) is 30.8 Å². The number of aromatic nitrogens is 2. The molecule has 1 aromatic heterocycles. The van der Waals surface area contributed by atoms with Crippen LogP contribution in [0.1, 0.15) is 32.0 Å². The topological polar surface area (TPSA) is 41.9 Å². The summed E-state index contributed by atoms with van der Waals surface area (Å²) < 4.78 is 1.87. The molecule has 4 nitrogen and oxygen atoms in total. The van der Waals surface area contributed by atoms with Crippen molar-refractivity contribution >= 4 is 34.7 Å². The van der Waals surface area contributed by atoms with E-state index in [4.69, 9.17) is 23.2 Å². The van der Waals surface area contributed by atoms with Crippen molar-refractivity contribution in [2.75, 3.05) is 17.2 Å². The summed E-state index contributed by atoms with van der Waals surface area (Å²) in [6.07, 6.45) is 0. The van der Waals surface area contributed by atoms with Crippen molar-refractivity contribution in [3.8, 4) is 0 Å². The van der Waals surface area contributed by atoms with Crippen molar-refractivity contribution in [1.29, 1.82) is 0 Å². The van der Waals surface area contributed by atoms with Gasteiger partial charge >= 0.3 is 0 Å². The lowest BCUT2D eigenvalue weighted by Gasteiger charge is -2.20. The third-order valence-electron chi connectivity index (χ3n) is 3.48. The third kappa shape index (κ3) is 4.79. The van der Waals surface area contributed by atoms with E-state index in [0.717, 1.165) is 29.3 Å². The van der Waals surface area contributed by atoms with E-state index in [1.165, 1.54) is 0 Å². The zero-order valence-corrected chi connectivity index (χ0v) is 15.8. The summed E-state index contributed by atoms with van der Waals surface area (Å²) in [5, 5.41) is 12.7. The van der Waals surface area contributed by atoms with Crippen molar-refractivity contribution < 1.29 is 0 Å². The van der Waals surface area contributed by atoms with Gasteiger partial charge in [-0.25, -0.2) is 0 Å². The molecule has 0 spiro atoms. The number of nitrogens with one attached hydrogen (secondary N) is 2. The van der Waals surface area contributed by atoms with Gasteiger partial charge in [0.1, 0.15) is 11.5 Å². The van der Waals surface area contributed by atoms with E-state index in [-0.39, 0.29) is 5.41 Å². The van der Waals surface area contributed by atoms with Gasteiger partial charge in [0.05, 0.1) is 5.69 Å². The molecule has 0 radical (unpaired) electrons. The average molecular weight is 355 g/mol. The standard InChI is InChI=1S/C17H24Cl2N4/c1-11-15(16(23(5)22-11)21-10-17(2,3)4)20-9-12-6-7-13(18)8-14(12)19/h6-8,20-21H,9-10H2,1-5H3. The highest BCUT2D eigenvalue weighted by molar-refractivity contribution is 6.35. The van der Waals surface area contributed by atoms with Crippen molar-refractivity contribution in [1.82, 2.24) is 9.78 Å². The highest BCUT2D eigenvalue weighted by atomic mass is 35.5. The largest absolute Gasteiger partial charge is 0.376 e. The smallest absolute Gasteiger partial charge is 0.148 e. The molecule has 0 saturated heterocycles. The molecule has 0 amide bonds. The molecule has 23 heavy (non-hydrogen) atoms. The molecule has 0 bridgehead atoms. The zero-order chi connectivity index (χ0) is 17.2. The van der Waals surface area contributed by atoms with Crippen LogP contribution >= 0.6 is 23.2 Å². The van der Waals surface area contributed by atoms with Crippen LogP contribution in [0.5, 0.6) is 0 Å². The number of benzene rings is 1. The highest BCUT2D eigenvalue weighted by Crippen LogP contribution is 2.28. The van der Waals surface area contributed by atoms with Gasteiger partial charge in [0.2, 0.25) is 0 Å². The fraction of sp³-hybridized carbons (Fsp3) is 0.471. The van der Waals surface area contributed by atoms with Crippen LogP contribution in [0.3, 0.4) is 0 Å². The van der Waals surface area contributed by atoms with Gasteiger partial charge < -0.3 is 10.6 Å². The molecule has 126 valence electrons. The number of hydrogen-bond acceptors (Lipinski definition) is 3. The average Bonchev–Trinajstić information content (AvgIpc) is 2.69. The van der Waals surface area contributed by atoms with Crippen molar-refractivity contribution in [2.45, 2.75) is 34.2 Å². The predicted molar refractivity (Wildman–Crippen MR) is 99.7 cm³/mol. The lowest BCUT2D eigenvalue weighted by molar-refractivity contribution is 0.441. The van der Waals surface area contributed by atoms with Crippen LogP contribution in [0, 0.1) is 12.3 Å². The Bertz CT molecular complexity index is 687. The maximum absolute atomic E-state index is 6.24. The van der Waals surface area contributed by atoms with Crippen LogP contribution in [0.25, 0.3) is 0 Å². The van der Waals surface area contributed by atoms with Crippen LogP contribution < -0.4 is 10.6 Å². The Hall–Kier alpha value is -1.39. The molecule has 0 aliphatic heterocycles. The lowest BCUT2D eigenvalue weighted by Crippen LogP contribution is -2.21. The quantitative estimate of drug-likeness (QED) is 0.784. The predicted octanol–water partition coefficient (Wildman–Crippen LogP) is 5.11. The number of nitrogens with zero attached hydrogens (tertiary/aromatic N) is 2. The summed E-state index contributed by atoms with van der Waals surface area (Å²) in [5.74, 6) is 0.988. The Morgan fingerprint density at radius 1 is 1.17 bits per heavy atom.